The number of likely N-dealkylation sites (tertiary alicyclic amines) is 1. The molecular weight excluding hydrogens is 262 g/mol. The van der Waals surface area contributed by atoms with Crippen molar-refractivity contribution in [2.75, 3.05) is 38.1 Å². The van der Waals surface area contributed by atoms with Crippen LogP contribution >= 0.6 is 0 Å². The summed E-state index contributed by atoms with van der Waals surface area (Å²) < 4.78 is 0. The van der Waals surface area contributed by atoms with Crippen LogP contribution in [0.4, 0.5) is 5.95 Å². The van der Waals surface area contributed by atoms with E-state index < -0.39 is 0 Å². The van der Waals surface area contributed by atoms with Crippen LogP contribution in [-0.2, 0) is 6.54 Å². The molecule has 1 aliphatic heterocycles. The fourth-order valence-electron chi connectivity index (χ4n) is 2.40. The molecule has 1 aliphatic rings. The van der Waals surface area contributed by atoms with E-state index in [2.05, 4.69) is 52.9 Å². The highest BCUT2D eigenvalue weighted by Gasteiger charge is 2.13. The van der Waals surface area contributed by atoms with E-state index in [-0.39, 0.29) is 5.54 Å². The largest absolute Gasteiger partial charge is 0.343 e. The van der Waals surface area contributed by atoms with Crippen molar-refractivity contribution in [3.63, 3.8) is 0 Å². The van der Waals surface area contributed by atoms with Crippen molar-refractivity contribution in [2.24, 2.45) is 0 Å². The van der Waals surface area contributed by atoms with Gasteiger partial charge in [-0.2, -0.15) is 0 Å². The minimum Gasteiger partial charge on any atom is -0.343 e. The molecule has 1 fully saturated rings. The maximum absolute atomic E-state index is 4.48. The van der Waals surface area contributed by atoms with Crippen molar-refractivity contribution >= 4 is 5.95 Å². The van der Waals surface area contributed by atoms with Crippen LogP contribution < -0.4 is 10.2 Å². The van der Waals surface area contributed by atoms with Crippen LogP contribution in [-0.4, -0.2) is 53.6 Å². The summed E-state index contributed by atoms with van der Waals surface area (Å²) in [6.07, 6.45) is 6.53. The van der Waals surface area contributed by atoms with Crippen LogP contribution in [0.3, 0.4) is 0 Å². The van der Waals surface area contributed by atoms with Gasteiger partial charge in [0.25, 0.3) is 0 Å². The molecule has 0 bridgehead atoms. The van der Waals surface area contributed by atoms with Crippen molar-refractivity contribution in [1.29, 1.82) is 0 Å². The van der Waals surface area contributed by atoms with Gasteiger partial charge in [-0.15, -0.1) is 0 Å². The maximum atomic E-state index is 4.48. The van der Waals surface area contributed by atoms with Gasteiger partial charge in [-0.05, 0) is 46.7 Å². The maximum Gasteiger partial charge on any atom is 0.225 e. The van der Waals surface area contributed by atoms with Gasteiger partial charge in [-0.1, -0.05) is 0 Å². The van der Waals surface area contributed by atoms with E-state index in [0.29, 0.717) is 0 Å². The zero-order chi connectivity index (χ0) is 15.3. The van der Waals surface area contributed by atoms with Crippen molar-refractivity contribution in [2.45, 2.75) is 45.7 Å². The summed E-state index contributed by atoms with van der Waals surface area (Å²) in [6.45, 7) is 11.9. The van der Waals surface area contributed by atoms with Gasteiger partial charge in [0.15, 0.2) is 0 Å². The van der Waals surface area contributed by atoms with Gasteiger partial charge in [0.2, 0.25) is 5.95 Å². The average Bonchev–Trinajstić information content (AvgIpc) is 2.95. The van der Waals surface area contributed by atoms with Crippen LogP contribution in [0.1, 0.15) is 39.2 Å². The molecule has 0 amide bonds. The number of aromatic nitrogens is 2. The fourth-order valence-corrected chi connectivity index (χ4v) is 2.40. The molecule has 0 unspecified atom stereocenters. The molecule has 5 heteroatoms. The summed E-state index contributed by atoms with van der Waals surface area (Å²) in [6, 6.07) is 0. The second-order valence-corrected chi connectivity index (χ2v) is 6.97. The second-order valence-electron chi connectivity index (χ2n) is 6.97. The number of hydrogen-bond donors (Lipinski definition) is 1. The lowest BCUT2D eigenvalue weighted by molar-refractivity contribution is 0.346. The van der Waals surface area contributed by atoms with E-state index in [1.54, 1.807) is 0 Å². The van der Waals surface area contributed by atoms with Gasteiger partial charge < -0.3 is 15.1 Å². The standard InChI is InChI=1S/C16H29N5/c1-16(2,3)19-13-14-11-17-15(18-12-14)20(4)9-10-21-7-5-6-8-21/h11-12,19H,5-10,13H2,1-4H3. The highest BCUT2D eigenvalue weighted by atomic mass is 15.3. The topological polar surface area (TPSA) is 44.3 Å². The number of nitrogens with zero attached hydrogens (tertiary/aromatic N) is 4. The highest BCUT2D eigenvalue weighted by Crippen LogP contribution is 2.09. The Labute approximate surface area is 128 Å². The molecule has 0 aromatic carbocycles. The van der Waals surface area contributed by atoms with Crippen LogP contribution in [0.5, 0.6) is 0 Å². The number of hydrogen-bond acceptors (Lipinski definition) is 5. The van der Waals surface area contributed by atoms with E-state index in [1.165, 1.54) is 25.9 Å². The summed E-state index contributed by atoms with van der Waals surface area (Å²) >= 11 is 0. The molecule has 0 atom stereocenters. The average molecular weight is 291 g/mol. The Morgan fingerprint density at radius 3 is 2.38 bits per heavy atom. The lowest BCUT2D eigenvalue weighted by Crippen LogP contribution is -2.35. The smallest absolute Gasteiger partial charge is 0.225 e. The van der Waals surface area contributed by atoms with Crippen molar-refractivity contribution < 1.29 is 0 Å². The van der Waals surface area contributed by atoms with Crippen LogP contribution in [0.2, 0.25) is 0 Å². The fraction of sp³-hybridized carbons (Fsp3) is 0.750. The Morgan fingerprint density at radius 1 is 1.19 bits per heavy atom. The highest BCUT2D eigenvalue weighted by molar-refractivity contribution is 5.28. The van der Waals surface area contributed by atoms with Gasteiger partial charge >= 0.3 is 0 Å². The molecule has 0 saturated carbocycles. The molecule has 1 aromatic rings. The first-order valence-electron chi connectivity index (χ1n) is 7.93. The third kappa shape index (κ3) is 5.59. The lowest BCUT2D eigenvalue weighted by atomic mass is 10.1. The first kappa shape index (κ1) is 16.2. The van der Waals surface area contributed by atoms with Gasteiger partial charge in [0.05, 0.1) is 0 Å². The van der Waals surface area contributed by atoms with Gasteiger partial charge in [0.1, 0.15) is 0 Å². The predicted molar refractivity (Wildman–Crippen MR) is 87.6 cm³/mol. The molecular formula is C16H29N5. The summed E-state index contributed by atoms with van der Waals surface area (Å²) in [5, 5.41) is 3.45. The molecule has 0 radical (unpaired) electrons. The molecule has 21 heavy (non-hydrogen) atoms. The van der Waals surface area contributed by atoms with Crippen molar-refractivity contribution in [1.82, 2.24) is 20.2 Å². The van der Waals surface area contributed by atoms with E-state index >= 15 is 0 Å². The number of rotatable bonds is 6. The lowest BCUT2D eigenvalue weighted by Gasteiger charge is -2.22. The number of anilines is 1. The summed E-state index contributed by atoms with van der Waals surface area (Å²) in [4.78, 5) is 13.6. The number of likely N-dealkylation sites (N-methyl/N-ethyl adjacent to an activating group) is 1. The Kier molecular flexibility index (Phi) is 5.53. The molecule has 2 rings (SSSR count). The van der Waals surface area contributed by atoms with Crippen molar-refractivity contribution in [3.05, 3.63) is 18.0 Å². The van der Waals surface area contributed by atoms with E-state index in [0.717, 1.165) is 31.1 Å². The van der Waals surface area contributed by atoms with Crippen LogP contribution in [0.25, 0.3) is 0 Å². The summed E-state index contributed by atoms with van der Waals surface area (Å²) in [5.74, 6) is 0.814. The van der Waals surface area contributed by atoms with Crippen LogP contribution in [0.15, 0.2) is 12.4 Å². The molecule has 5 nitrogen and oxygen atoms in total. The van der Waals surface area contributed by atoms with E-state index in [4.69, 9.17) is 0 Å². The second kappa shape index (κ2) is 7.18. The van der Waals surface area contributed by atoms with Gasteiger partial charge in [-0.25, -0.2) is 9.97 Å². The zero-order valence-corrected chi connectivity index (χ0v) is 13.9. The van der Waals surface area contributed by atoms with Gasteiger partial charge in [0, 0.05) is 50.2 Å². The summed E-state index contributed by atoms with van der Waals surface area (Å²) in [5.41, 5.74) is 1.24. The summed E-state index contributed by atoms with van der Waals surface area (Å²) in [7, 11) is 2.07. The Morgan fingerprint density at radius 2 is 1.81 bits per heavy atom. The molecule has 2 heterocycles. The predicted octanol–water partition coefficient (Wildman–Crippen LogP) is 1.90. The normalized spacial score (nSPS) is 16.4. The molecule has 118 valence electrons. The molecule has 1 N–H and O–H groups in total. The minimum absolute atomic E-state index is 0.116. The van der Waals surface area contributed by atoms with E-state index in [1.807, 2.05) is 12.4 Å². The molecule has 0 aliphatic carbocycles. The minimum atomic E-state index is 0.116. The first-order chi connectivity index (χ1) is 9.94. The van der Waals surface area contributed by atoms with Crippen molar-refractivity contribution in [3.8, 4) is 0 Å². The zero-order valence-electron chi connectivity index (χ0n) is 13.9. The third-order valence-corrected chi connectivity index (χ3v) is 3.81. The van der Waals surface area contributed by atoms with Crippen LogP contribution in [0, 0.1) is 0 Å². The monoisotopic (exact) mass is 291 g/mol. The third-order valence-electron chi connectivity index (χ3n) is 3.81. The number of nitrogens with one attached hydrogen (secondary N) is 1. The Hall–Kier alpha value is -1.20. The molecule has 1 saturated heterocycles. The quantitative estimate of drug-likeness (QED) is 0.867. The van der Waals surface area contributed by atoms with Gasteiger partial charge in [-0.3, -0.25) is 0 Å². The van der Waals surface area contributed by atoms with E-state index in [9.17, 15) is 0 Å². The Bertz CT molecular complexity index is 417. The SMILES string of the molecule is CN(CCN1CCCC1)c1ncc(CNC(C)(C)C)cn1. The molecule has 0 spiro atoms. The first-order valence-corrected chi connectivity index (χ1v) is 7.93. The Balaban J connectivity index is 1.80. The molecule has 1 aromatic heterocycles.